The Morgan fingerprint density at radius 1 is 1.73 bits per heavy atom. The third-order valence-electron chi connectivity index (χ3n) is 2.61. The largest absolute Gasteiger partial charge is 0.368 e. The van der Waals surface area contributed by atoms with Crippen LogP contribution in [-0.4, -0.2) is 22.2 Å². The summed E-state index contributed by atoms with van der Waals surface area (Å²) in [6, 6.07) is 0. The van der Waals surface area contributed by atoms with Gasteiger partial charge in [-0.2, -0.15) is 0 Å². The Hall–Kier alpha value is -0.590. The highest BCUT2D eigenvalue weighted by molar-refractivity contribution is 8.01. The first-order valence-corrected chi connectivity index (χ1v) is 6.60. The second-order valence-corrected chi connectivity index (χ2v) is 5.88. The molecule has 0 saturated heterocycles. The lowest BCUT2D eigenvalue weighted by atomic mass is 9.96. The van der Waals surface area contributed by atoms with Crippen LogP contribution in [0.2, 0.25) is 0 Å². The number of carbonyl (C=O) groups excluding carboxylic acids is 1. The van der Waals surface area contributed by atoms with Crippen molar-refractivity contribution in [2.75, 3.05) is 5.75 Å². The molecule has 1 heterocycles. The molecule has 0 aliphatic heterocycles. The summed E-state index contributed by atoms with van der Waals surface area (Å²) in [5.41, 5.74) is 10.6. The molecule has 2 rings (SSSR count). The summed E-state index contributed by atoms with van der Waals surface area (Å²) in [5.74, 6) is 0.400. The number of primary amides is 1. The van der Waals surface area contributed by atoms with Gasteiger partial charge in [-0.15, -0.1) is 11.3 Å². The summed E-state index contributed by atoms with van der Waals surface area (Å²) < 4.78 is 0.937. The fourth-order valence-electron chi connectivity index (χ4n) is 1.45. The Morgan fingerprint density at radius 2 is 2.47 bits per heavy atom. The van der Waals surface area contributed by atoms with E-state index in [0.29, 0.717) is 5.75 Å². The van der Waals surface area contributed by atoms with Crippen molar-refractivity contribution in [2.24, 2.45) is 17.4 Å². The van der Waals surface area contributed by atoms with Crippen molar-refractivity contribution >= 4 is 29.0 Å². The van der Waals surface area contributed by atoms with Crippen LogP contribution in [0.25, 0.3) is 0 Å². The van der Waals surface area contributed by atoms with E-state index in [1.165, 1.54) is 11.8 Å². The van der Waals surface area contributed by atoms with Crippen molar-refractivity contribution in [2.45, 2.75) is 22.7 Å². The highest BCUT2D eigenvalue weighted by atomic mass is 32.2. The molecule has 4 nitrogen and oxygen atoms in total. The Kier molecular flexibility index (Phi) is 2.99. The minimum absolute atomic E-state index is 0.266. The zero-order chi connectivity index (χ0) is 10.9. The van der Waals surface area contributed by atoms with E-state index in [2.05, 4.69) is 4.98 Å². The van der Waals surface area contributed by atoms with Gasteiger partial charge in [-0.1, -0.05) is 11.8 Å². The molecule has 1 amide bonds. The Balaban J connectivity index is 1.98. The Morgan fingerprint density at radius 3 is 2.93 bits per heavy atom. The molecule has 0 bridgehead atoms. The Labute approximate surface area is 96.4 Å². The van der Waals surface area contributed by atoms with E-state index in [-0.39, 0.29) is 5.92 Å². The standard InChI is InChI=1S/C9H13N3OS2/c10-7(13)9(11,6-1-2-6)5-15-8-12-3-4-14-8/h3-4,6H,1-2,5,11H2,(H2,10,13). The maximum absolute atomic E-state index is 11.3. The summed E-state index contributed by atoms with van der Waals surface area (Å²) in [6.07, 6.45) is 3.77. The third kappa shape index (κ3) is 2.32. The molecule has 0 spiro atoms. The number of rotatable bonds is 5. The van der Waals surface area contributed by atoms with Crippen molar-refractivity contribution in [1.29, 1.82) is 0 Å². The number of thioether (sulfide) groups is 1. The molecule has 82 valence electrons. The molecule has 6 heteroatoms. The monoisotopic (exact) mass is 243 g/mol. The average Bonchev–Trinajstić information content (AvgIpc) is 2.93. The van der Waals surface area contributed by atoms with Crippen LogP contribution in [0, 0.1) is 5.92 Å². The topological polar surface area (TPSA) is 82.0 Å². The second-order valence-electron chi connectivity index (χ2n) is 3.77. The molecule has 1 aromatic heterocycles. The van der Waals surface area contributed by atoms with E-state index in [0.717, 1.165) is 17.2 Å². The third-order valence-corrected chi connectivity index (χ3v) is 4.79. The summed E-state index contributed by atoms with van der Waals surface area (Å²) in [6.45, 7) is 0. The van der Waals surface area contributed by atoms with Crippen LogP contribution in [-0.2, 0) is 4.79 Å². The Bertz CT molecular complexity index is 350. The zero-order valence-electron chi connectivity index (χ0n) is 8.18. The minimum Gasteiger partial charge on any atom is -0.368 e. The van der Waals surface area contributed by atoms with Crippen LogP contribution in [0.1, 0.15) is 12.8 Å². The van der Waals surface area contributed by atoms with E-state index in [4.69, 9.17) is 11.5 Å². The van der Waals surface area contributed by atoms with Crippen LogP contribution in [0.3, 0.4) is 0 Å². The number of aromatic nitrogens is 1. The maximum Gasteiger partial charge on any atom is 0.238 e. The molecule has 15 heavy (non-hydrogen) atoms. The molecular weight excluding hydrogens is 230 g/mol. The fourth-order valence-corrected chi connectivity index (χ4v) is 3.30. The predicted octanol–water partition coefficient (Wildman–Crippen LogP) is 0.828. The van der Waals surface area contributed by atoms with Gasteiger partial charge in [0.25, 0.3) is 0 Å². The summed E-state index contributed by atoms with van der Waals surface area (Å²) in [5, 5.41) is 1.90. The molecule has 0 aromatic carbocycles. The molecule has 1 aromatic rings. The lowest BCUT2D eigenvalue weighted by Gasteiger charge is -2.24. The highest BCUT2D eigenvalue weighted by Gasteiger charge is 2.46. The fraction of sp³-hybridized carbons (Fsp3) is 0.556. The van der Waals surface area contributed by atoms with Gasteiger partial charge < -0.3 is 11.5 Å². The molecule has 1 saturated carbocycles. The molecule has 1 unspecified atom stereocenters. The normalized spacial score (nSPS) is 19.8. The van der Waals surface area contributed by atoms with Gasteiger partial charge in [0.1, 0.15) is 9.88 Å². The van der Waals surface area contributed by atoms with Crippen LogP contribution in [0.4, 0.5) is 0 Å². The summed E-state index contributed by atoms with van der Waals surface area (Å²) in [7, 11) is 0. The predicted molar refractivity (Wildman–Crippen MR) is 61.7 cm³/mol. The number of nitrogens with two attached hydrogens (primary N) is 2. The SMILES string of the molecule is NC(=O)C(N)(CSc1nccs1)C1CC1. The first-order valence-electron chi connectivity index (χ1n) is 4.74. The van der Waals surface area contributed by atoms with Gasteiger partial charge in [-0.3, -0.25) is 4.79 Å². The lowest BCUT2D eigenvalue weighted by Crippen LogP contribution is -2.56. The van der Waals surface area contributed by atoms with E-state index >= 15 is 0 Å². The number of hydrogen-bond acceptors (Lipinski definition) is 5. The average molecular weight is 243 g/mol. The van der Waals surface area contributed by atoms with Crippen molar-refractivity contribution in [3.8, 4) is 0 Å². The van der Waals surface area contributed by atoms with Crippen molar-refractivity contribution < 1.29 is 4.79 Å². The van der Waals surface area contributed by atoms with Crippen LogP contribution >= 0.6 is 23.1 Å². The number of amides is 1. The van der Waals surface area contributed by atoms with Gasteiger partial charge in [0.15, 0.2) is 0 Å². The molecule has 1 aliphatic carbocycles. The number of thiazole rings is 1. The second kappa shape index (κ2) is 4.11. The summed E-state index contributed by atoms with van der Waals surface area (Å²) in [4.78, 5) is 15.5. The molecule has 1 fully saturated rings. The van der Waals surface area contributed by atoms with Crippen LogP contribution in [0.5, 0.6) is 0 Å². The van der Waals surface area contributed by atoms with Gasteiger partial charge >= 0.3 is 0 Å². The lowest BCUT2D eigenvalue weighted by molar-refractivity contribution is -0.123. The van der Waals surface area contributed by atoms with Crippen molar-refractivity contribution in [1.82, 2.24) is 4.98 Å². The molecule has 1 aliphatic rings. The number of carbonyl (C=O) groups is 1. The molecule has 0 radical (unpaired) electrons. The number of hydrogen-bond donors (Lipinski definition) is 2. The van der Waals surface area contributed by atoms with Crippen LogP contribution < -0.4 is 11.5 Å². The summed E-state index contributed by atoms with van der Waals surface area (Å²) >= 11 is 3.06. The van der Waals surface area contributed by atoms with Gasteiger partial charge in [0.2, 0.25) is 5.91 Å². The number of nitrogens with zero attached hydrogens (tertiary/aromatic N) is 1. The maximum atomic E-state index is 11.3. The molecule has 1 atom stereocenters. The quantitative estimate of drug-likeness (QED) is 0.750. The van der Waals surface area contributed by atoms with Crippen molar-refractivity contribution in [3.63, 3.8) is 0 Å². The highest BCUT2D eigenvalue weighted by Crippen LogP contribution is 2.40. The van der Waals surface area contributed by atoms with Crippen molar-refractivity contribution in [3.05, 3.63) is 11.6 Å². The van der Waals surface area contributed by atoms with Gasteiger partial charge in [-0.25, -0.2) is 4.98 Å². The van der Waals surface area contributed by atoms with Gasteiger partial charge in [-0.05, 0) is 18.8 Å². The van der Waals surface area contributed by atoms with E-state index < -0.39 is 11.4 Å². The molecular formula is C9H13N3OS2. The minimum atomic E-state index is -0.851. The first kappa shape index (κ1) is 10.9. The molecule has 4 N–H and O–H groups in total. The van der Waals surface area contributed by atoms with E-state index in [1.807, 2.05) is 5.38 Å². The smallest absolute Gasteiger partial charge is 0.238 e. The van der Waals surface area contributed by atoms with E-state index in [1.54, 1.807) is 17.5 Å². The van der Waals surface area contributed by atoms with Crippen LogP contribution in [0.15, 0.2) is 15.9 Å². The van der Waals surface area contributed by atoms with E-state index in [9.17, 15) is 4.79 Å². The zero-order valence-corrected chi connectivity index (χ0v) is 9.81. The van der Waals surface area contributed by atoms with Gasteiger partial charge in [0.05, 0.1) is 0 Å². The van der Waals surface area contributed by atoms with Gasteiger partial charge in [0, 0.05) is 17.3 Å². The first-order chi connectivity index (χ1) is 7.13.